The van der Waals surface area contributed by atoms with Crippen LogP contribution < -0.4 is 10.1 Å². The van der Waals surface area contributed by atoms with Gasteiger partial charge in [-0.3, -0.25) is 0 Å². The van der Waals surface area contributed by atoms with Gasteiger partial charge in [0.1, 0.15) is 11.8 Å². The van der Waals surface area contributed by atoms with E-state index in [1.54, 1.807) is 12.1 Å². The number of carboxylic acids is 1. The topological polar surface area (TPSA) is 103 Å². The smallest absolute Gasteiger partial charge is 0.327 e. The van der Waals surface area contributed by atoms with Crippen molar-refractivity contribution >= 4 is 29.4 Å². The van der Waals surface area contributed by atoms with Crippen molar-refractivity contribution in [1.82, 2.24) is 4.90 Å². The monoisotopic (exact) mass is 307 g/mol. The third-order valence-corrected chi connectivity index (χ3v) is 4.01. The third kappa shape index (κ3) is 3.20. The summed E-state index contributed by atoms with van der Waals surface area (Å²) in [5.74, 6) is 0.0114. The molecule has 1 saturated heterocycles. The molecule has 1 fully saturated rings. The van der Waals surface area contributed by atoms with E-state index in [0.29, 0.717) is 28.6 Å². The summed E-state index contributed by atoms with van der Waals surface area (Å²) in [5, 5.41) is 20.5. The second kappa shape index (κ2) is 6.37. The molecule has 1 unspecified atom stereocenters. The molecule has 1 aromatic rings. The van der Waals surface area contributed by atoms with Gasteiger partial charge in [-0.05, 0) is 12.1 Å². The lowest BCUT2D eigenvalue weighted by atomic mass is 10.2. The van der Waals surface area contributed by atoms with Crippen LogP contribution in [0.4, 0.5) is 10.5 Å². The summed E-state index contributed by atoms with van der Waals surface area (Å²) < 4.78 is 5.12. The first kappa shape index (κ1) is 15.0. The van der Waals surface area contributed by atoms with E-state index < -0.39 is 18.0 Å². The number of benzene rings is 1. The maximum absolute atomic E-state index is 12.2. The number of aliphatic carboxylic acids is 1. The van der Waals surface area contributed by atoms with Crippen LogP contribution in [0.3, 0.4) is 0 Å². The molecule has 0 aromatic heterocycles. The minimum absolute atomic E-state index is 0.321. The Kier molecular flexibility index (Phi) is 4.55. The van der Waals surface area contributed by atoms with Crippen molar-refractivity contribution in [3.8, 4) is 11.8 Å². The Bertz CT molecular complexity index is 614. The molecule has 2 N–H and O–H groups in total. The number of nitrogens with zero attached hydrogens (tertiary/aromatic N) is 2. The Balaban J connectivity index is 2.16. The normalized spacial score (nSPS) is 17.1. The molecule has 1 aliphatic heterocycles. The third-order valence-electron chi connectivity index (χ3n) is 3.00. The molecule has 21 heavy (non-hydrogen) atoms. The number of hydrogen-bond acceptors (Lipinski definition) is 5. The fraction of sp³-hybridized carbons (Fsp3) is 0.308. The Hall–Kier alpha value is -2.40. The van der Waals surface area contributed by atoms with Gasteiger partial charge in [0, 0.05) is 11.8 Å². The Morgan fingerprint density at radius 1 is 1.57 bits per heavy atom. The van der Waals surface area contributed by atoms with Gasteiger partial charge in [0.25, 0.3) is 0 Å². The van der Waals surface area contributed by atoms with Crippen LogP contribution in [0.2, 0.25) is 0 Å². The molecule has 7 nitrogen and oxygen atoms in total. The van der Waals surface area contributed by atoms with E-state index in [0.717, 1.165) is 0 Å². The molecule has 0 spiro atoms. The van der Waals surface area contributed by atoms with Gasteiger partial charge in [0.05, 0.1) is 30.3 Å². The summed E-state index contributed by atoms with van der Waals surface area (Å²) >= 11 is 1.38. The number of anilines is 1. The van der Waals surface area contributed by atoms with Gasteiger partial charge < -0.3 is 20.1 Å². The van der Waals surface area contributed by atoms with E-state index in [2.05, 4.69) is 5.32 Å². The summed E-state index contributed by atoms with van der Waals surface area (Å²) in [5.41, 5.74) is 0.799. The molecule has 1 heterocycles. The minimum Gasteiger partial charge on any atom is -0.495 e. The lowest BCUT2D eigenvalue weighted by molar-refractivity contribution is -0.140. The first-order chi connectivity index (χ1) is 10.1. The fourth-order valence-electron chi connectivity index (χ4n) is 1.90. The summed E-state index contributed by atoms with van der Waals surface area (Å²) in [6, 6.07) is 5.24. The zero-order valence-electron chi connectivity index (χ0n) is 11.2. The molecule has 0 aliphatic carbocycles. The standard InChI is InChI=1S/C13H13N3O4S/c1-20-11-4-8(5-14)2-3-9(11)15-13(19)16-7-21-6-10(16)12(17)18/h2-4,10H,6-7H2,1H3,(H,15,19)(H,17,18). The van der Waals surface area contributed by atoms with Crippen LogP contribution in [-0.4, -0.2) is 46.8 Å². The van der Waals surface area contributed by atoms with Crippen molar-refractivity contribution in [3.63, 3.8) is 0 Å². The van der Waals surface area contributed by atoms with Gasteiger partial charge in [-0.2, -0.15) is 5.26 Å². The molecule has 110 valence electrons. The number of thioether (sulfide) groups is 1. The highest BCUT2D eigenvalue weighted by atomic mass is 32.2. The minimum atomic E-state index is -1.03. The van der Waals surface area contributed by atoms with Gasteiger partial charge in [0.2, 0.25) is 0 Å². The molecule has 0 bridgehead atoms. The van der Waals surface area contributed by atoms with Gasteiger partial charge in [0.15, 0.2) is 0 Å². The first-order valence-electron chi connectivity index (χ1n) is 6.03. The van der Waals surface area contributed by atoms with Crippen molar-refractivity contribution in [3.05, 3.63) is 23.8 Å². The maximum atomic E-state index is 12.2. The number of carbonyl (C=O) groups is 2. The van der Waals surface area contributed by atoms with Crippen LogP contribution in [0.25, 0.3) is 0 Å². The zero-order valence-corrected chi connectivity index (χ0v) is 12.0. The number of hydrogen-bond donors (Lipinski definition) is 2. The number of nitrogens with one attached hydrogen (secondary N) is 1. The molecule has 0 saturated carbocycles. The van der Waals surface area contributed by atoms with E-state index in [1.165, 1.54) is 29.8 Å². The number of carboxylic acid groups (broad SMARTS) is 1. The second-order valence-corrected chi connectivity index (χ2v) is 5.28. The molecule has 1 aliphatic rings. The predicted octanol–water partition coefficient (Wildman–Crippen LogP) is 1.56. The highest BCUT2D eigenvalue weighted by Gasteiger charge is 2.34. The molecule has 0 radical (unpaired) electrons. The van der Waals surface area contributed by atoms with Gasteiger partial charge in [-0.25, -0.2) is 9.59 Å². The van der Waals surface area contributed by atoms with E-state index in [4.69, 9.17) is 15.1 Å². The molecular formula is C13H13N3O4S. The number of amides is 2. The van der Waals surface area contributed by atoms with Crippen LogP contribution >= 0.6 is 11.8 Å². The summed E-state index contributed by atoms with van der Waals surface area (Å²) in [6.45, 7) is 0. The van der Waals surface area contributed by atoms with Crippen LogP contribution in [0.1, 0.15) is 5.56 Å². The van der Waals surface area contributed by atoms with Gasteiger partial charge in [-0.15, -0.1) is 11.8 Å². The van der Waals surface area contributed by atoms with E-state index >= 15 is 0 Å². The summed E-state index contributed by atoms with van der Waals surface area (Å²) in [7, 11) is 1.43. The molecular weight excluding hydrogens is 294 g/mol. The summed E-state index contributed by atoms with van der Waals surface area (Å²) in [4.78, 5) is 24.5. The quantitative estimate of drug-likeness (QED) is 0.878. The average molecular weight is 307 g/mol. The predicted molar refractivity (Wildman–Crippen MR) is 77.3 cm³/mol. The van der Waals surface area contributed by atoms with Crippen molar-refractivity contribution < 1.29 is 19.4 Å². The van der Waals surface area contributed by atoms with Crippen molar-refractivity contribution in [1.29, 1.82) is 5.26 Å². The van der Waals surface area contributed by atoms with Crippen LogP contribution in [-0.2, 0) is 4.79 Å². The molecule has 2 rings (SSSR count). The number of urea groups is 1. The lowest BCUT2D eigenvalue weighted by Crippen LogP contribution is -2.44. The zero-order chi connectivity index (χ0) is 15.4. The van der Waals surface area contributed by atoms with E-state index in [-0.39, 0.29) is 0 Å². The Morgan fingerprint density at radius 2 is 2.33 bits per heavy atom. The van der Waals surface area contributed by atoms with E-state index in [1.807, 2.05) is 6.07 Å². The molecule has 1 atom stereocenters. The number of rotatable bonds is 3. The fourth-order valence-corrected chi connectivity index (χ4v) is 3.04. The Labute approximate surface area is 125 Å². The van der Waals surface area contributed by atoms with Crippen molar-refractivity contribution in [2.24, 2.45) is 0 Å². The Morgan fingerprint density at radius 3 is 2.95 bits per heavy atom. The van der Waals surface area contributed by atoms with E-state index in [9.17, 15) is 9.59 Å². The van der Waals surface area contributed by atoms with Crippen LogP contribution in [0.5, 0.6) is 5.75 Å². The second-order valence-electron chi connectivity index (χ2n) is 4.28. The molecule has 2 amide bonds. The molecule has 1 aromatic carbocycles. The van der Waals surface area contributed by atoms with Gasteiger partial charge in [-0.1, -0.05) is 0 Å². The van der Waals surface area contributed by atoms with Crippen molar-refractivity contribution in [2.45, 2.75) is 6.04 Å². The molecule has 8 heteroatoms. The van der Waals surface area contributed by atoms with Crippen LogP contribution in [0.15, 0.2) is 18.2 Å². The average Bonchev–Trinajstić information content (AvgIpc) is 2.97. The SMILES string of the molecule is COc1cc(C#N)ccc1NC(=O)N1CSCC1C(=O)O. The number of nitriles is 1. The highest BCUT2D eigenvalue weighted by molar-refractivity contribution is 7.99. The number of ether oxygens (including phenoxy) is 1. The first-order valence-corrected chi connectivity index (χ1v) is 7.18. The summed E-state index contributed by atoms with van der Waals surface area (Å²) in [6.07, 6.45) is 0. The van der Waals surface area contributed by atoms with Gasteiger partial charge >= 0.3 is 12.0 Å². The lowest BCUT2D eigenvalue weighted by Gasteiger charge is -2.21. The van der Waals surface area contributed by atoms with Crippen LogP contribution in [0, 0.1) is 11.3 Å². The number of carbonyl (C=O) groups excluding carboxylic acids is 1. The number of methoxy groups -OCH3 is 1. The largest absolute Gasteiger partial charge is 0.495 e. The highest BCUT2D eigenvalue weighted by Crippen LogP contribution is 2.27. The van der Waals surface area contributed by atoms with Crippen molar-refractivity contribution in [2.75, 3.05) is 24.1 Å². The maximum Gasteiger partial charge on any atom is 0.327 e.